The SMILES string of the molecule is CC(C)(C)c1c[nH]c(=S)n1CC(N)=O. The lowest BCUT2D eigenvalue weighted by atomic mass is 9.92. The van der Waals surface area contributed by atoms with E-state index in [1.807, 2.05) is 6.20 Å². The molecule has 0 aliphatic carbocycles. The maximum atomic E-state index is 10.8. The minimum atomic E-state index is -0.383. The number of aromatic nitrogens is 2. The lowest BCUT2D eigenvalue weighted by Gasteiger charge is -2.19. The molecule has 0 bridgehead atoms. The van der Waals surface area contributed by atoms with E-state index in [0.717, 1.165) is 5.69 Å². The van der Waals surface area contributed by atoms with Crippen molar-refractivity contribution in [2.45, 2.75) is 32.7 Å². The van der Waals surface area contributed by atoms with Gasteiger partial charge in [0, 0.05) is 17.3 Å². The van der Waals surface area contributed by atoms with E-state index in [-0.39, 0.29) is 17.9 Å². The van der Waals surface area contributed by atoms with E-state index >= 15 is 0 Å². The van der Waals surface area contributed by atoms with E-state index in [2.05, 4.69) is 25.8 Å². The molecule has 1 heterocycles. The molecule has 0 radical (unpaired) electrons. The summed E-state index contributed by atoms with van der Waals surface area (Å²) < 4.78 is 2.27. The molecule has 0 fully saturated rings. The Morgan fingerprint density at radius 1 is 1.64 bits per heavy atom. The van der Waals surface area contributed by atoms with Crippen LogP contribution in [0.1, 0.15) is 26.5 Å². The normalized spacial score (nSPS) is 11.6. The molecule has 3 N–H and O–H groups in total. The largest absolute Gasteiger partial charge is 0.368 e. The summed E-state index contributed by atoms with van der Waals surface area (Å²) in [5.74, 6) is -0.383. The third-order valence-electron chi connectivity index (χ3n) is 1.95. The van der Waals surface area contributed by atoms with Crippen LogP contribution in [0, 0.1) is 4.77 Å². The van der Waals surface area contributed by atoms with Crippen molar-refractivity contribution in [2.24, 2.45) is 5.73 Å². The molecule has 4 nitrogen and oxygen atoms in total. The molecule has 14 heavy (non-hydrogen) atoms. The molecule has 0 atom stereocenters. The van der Waals surface area contributed by atoms with Crippen molar-refractivity contribution >= 4 is 18.1 Å². The molecule has 1 aromatic rings. The van der Waals surface area contributed by atoms with E-state index in [4.69, 9.17) is 18.0 Å². The van der Waals surface area contributed by atoms with Crippen LogP contribution < -0.4 is 5.73 Å². The molecule has 0 unspecified atom stereocenters. The number of nitrogens with zero attached hydrogens (tertiary/aromatic N) is 1. The molecule has 0 aliphatic rings. The van der Waals surface area contributed by atoms with Crippen molar-refractivity contribution in [1.29, 1.82) is 0 Å². The fourth-order valence-corrected chi connectivity index (χ4v) is 1.55. The zero-order chi connectivity index (χ0) is 10.9. The molecule has 0 saturated carbocycles. The number of aromatic amines is 1. The van der Waals surface area contributed by atoms with Gasteiger partial charge < -0.3 is 15.3 Å². The summed E-state index contributed by atoms with van der Waals surface area (Å²) in [6.45, 7) is 6.31. The van der Waals surface area contributed by atoms with Crippen LogP contribution in [-0.4, -0.2) is 15.5 Å². The molecule has 1 amide bonds. The van der Waals surface area contributed by atoms with Gasteiger partial charge in [0.2, 0.25) is 5.91 Å². The number of hydrogen-bond acceptors (Lipinski definition) is 2. The van der Waals surface area contributed by atoms with E-state index in [1.54, 1.807) is 4.57 Å². The second-order valence-electron chi connectivity index (χ2n) is 4.28. The van der Waals surface area contributed by atoms with Gasteiger partial charge in [-0.3, -0.25) is 4.79 Å². The lowest BCUT2D eigenvalue weighted by Crippen LogP contribution is -2.24. The molecule has 5 heteroatoms. The number of carbonyl (C=O) groups excluding carboxylic acids is 1. The summed E-state index contributed by atoms with van der Waals surface area (Å²) in [5.41, 5.74) is 6.08. The maximum absolute atomic E-state index is 10.8. The van der Waals surface area contributed by atoms with E-state index in [9.17, 15) is 4.79 Å². The van der Waals surface area contributed by atoms with Crippen molar-refractivity contribution in [3.8, 4) is 0 Å². The zero-order valence-electron chi connectivity index (χ0n) is 8.63. The third-order valence-corrected chi connectivity index (χ3v) is 2.29. The number of H-pyrrole nitrogens is 1. The third kappa shape index (κ3) is 2.23. The number of hydrogen-bond donors (Lipinski definition) is 2. The first-order valence-corrected chi connectivity index (χ1v) is 4.80. The Balaban J connectivity index is 3.20. The highest BCUT2D eigenvalue weighted by molar-refractivity contribution is 7.71. The average Bonchev–Trinajstić information content (AvgIpc) is 2.30. The first-order valence-electron chi connectivity index (χ1n) is 4.39. The van der Waals surface area contributed by atoms with Crippen LogP contribution in [0.2, 0.25) is 0 Å². The molecule has 0 saturated heterocycles. The predicted octanol–water partition coefficient (Wildman–Crippen LogP) is 1.33. The second kappa shape index (κ2) is 3.57. The topological polar surface area (TPSA) is 63.8 Å². The molecular weight excluding hydrogens is 198 g/mol. The van der Waals surface area contributed by atoms with E-state index in [0.29, 0.717) is 4.77 Å². The van der Waals surface area contributed by atoms with Crippen LogP contribution in [0.15, 0.2) is 6.20 Å². The lowest BCUT2D eigenvalue weighted by molar-refractivity contribution is -0.118. The first kappa shape index (κ1) is 11.0. The summed E-state index contributed by atoms with van der Waals surface area (Å²) in [6, 6.07) is 0. The second-order valence-corrected chi connectivity index (χ2v) is 4.67. The number of primary amides is 1. The molecule has 0 aromatic carbocycles. The fourth-order valence-electron chi connectivity index (χ4n) is 1.33. The quantitative estimate of drug-likeness (QED) is 0.728. The number of nitrogens with two attached hydrogens (primary N) is 1. The smallest absolute Gasteiger partial charge is 0.237 e. The molecule has 1 rings (SSSR count). The van der Waals surface area contributed by atoms with Gasteiger partial charge in [0.15, 0.2) is 4.77 Å². The van der Waals surface area contributed by atoms with Gasteiger partial charge in [0.25, 0.3) is 0 Å². The van der Waals surface area contributed by atoms with Crippen molar-refractivity contribution < 1.29 is 4.79 Å². The highest BCUT2D eigenvalue weighted by Crippen LogP contribution is 2.21. The number of amides is 1. The highest BCUT2D eigenvalue weighted by atomic mass is 32.1. The molecular formula is C9H15N3OS. The van der Waals surface area contributed by atoms with E-state index < -0.39 is 0 Å². The van der Waals surface area contributed by atoms with Crippen molar-refractivity contribution in [3.05, 3.63) is 16.7 Å². The van der Waals surface area contributed by atoms with Crippen LogP contribution >= 0.6 is 12.2 Å². The number of imidazole rings is 1. The van der Waals surface area contributed by atoms with E-state index in [1.165, 1.54) is 0 Å². The van der Waals surface area contributed by atoms with Gasteiger partial charge in [-0.2, -0.15) is 0 Å². The Hall–Kier alpha value is -1.10. The highest BCUT2D eigenvalue weighted by Gasteiger charge is 2.19. The zero-order valence-corrected chi connectivity index (χ0v) is 9.44. The Morgan fingerprint density at radius 2 is 2.21 bits per heavy atom. The summed E-state index contributed by atoms with van der Waals surface area (Å²) >= 11 is 5.06. The minimum absolute atomic E-state index is 0.0526. The summed E-state index contributed by atoms with van der Waals surface area (Å²) in [4.78, 5) is 13.8. The summed E-state index contributed by atoms with van der Waals surface area (Å²) in [5, 5.41) is 0. The monoisotopic (exact) mass is 213 g/mol. The van der Waals surface area contributed by atoms with Crippen molar-refractivity contribution in [2.75, 3.05) is 0 Å². The van der Waals surface area contributed by atoms with Crippen molar-refractivity contribution in [1.82, 2.24) is 9.55 Å². The molecule has 78 valence electrons. The predicted molar refractivity (Wildman–Crippen MR) is 57.5 cm³/mol. The summed E-state index contributed by atoms with van der Waals surface area (Å²) in [6.07, 6.45) is 1.82. The Morgan fingerprint density at radius 3 is 2.64 bits per heavy atom. The Kier molecular flexibility index (Phi) is 2.80. The Bertz CT molecular complexity index is 397. The number of rotatable bonds is 2. The first-order chi connectivity index (χ1) is 6.32. The van der Waals surface area contributed by atoms with Gasteiger partial charge in [-0.15, -0.1) is 0 Å². The fraction of sp³-hybridized carbons (Fsp3) is 0.556. The van der Waals surface area contributed by atoms with Crippen molar-refractivity contribution in [3.63, 3.8) is 0 Å². The van der Waals surface area contributed by atoms with Gasteiger partial charge in [-0.25, -0.2) is 0 Å². The van der Waals surface area contributed by atoms with Gasteiger partial charge >= 0.3 is 0 Å². The Labute approximate surface area is 88.1 Å². The summed E-state index contributed by atoms with van der Waals surface area (Å²) in [7, 11) is 0. The van der Waals surface area contributed by atoms with Gasteiger partial charge in [-0.05, 0) is 12.2 Å². The van der Waals surface area contributed by atoms with Gasteiger partial charge in [0.1, 0.15) is 6.54 Å². The maximum Gasteiger partial charge on any atom is 0.237 e. The van der Waals surface area contributed by atoms with Crippen LogP contribution in [0.5, 0.6) is 0 Å². The van der Waals surface area contributed by atoms with Gasteiger partial charge in [-0.1, -0.05) is 20.8 Å². The average molecular weight is 213 g/mol. The standard InChI is InChI=1S/C9H15N3OS/c1-9(2,3)6-4-11-8(14)12(6)5-7(10)13/h4H,5H2,1-3H3,(H2,10,13)(H,11,14). The minimum Gasteiger partial charge on any atom is -0.368 e. The van der Waals surface area contributed by atoms with Crippen LogP contribution in [0.3, 0.4) is 0 Å². The van der Waals surface area contributed by atoms with Crippen LogP contribution in [0.4, 0.5) is 0 Å². The molecule has 1 aromatic heterocycles. The van der Waals surface area contributed by atoms with Gasteiger partial charge in [0.05, 0.1) is 0 Å². The van der Waals surface area contributed by atoms with Crippen LogP contribution in [-0.2, 0) is 16.8 Å². The number of carbonyl (C=O) groups is 1. The molecule has 0 aliphatic heterocycles. The van der Waals surface area contributed by atoms with Crippen LogP contribution in [0.25, 0.3) is 0 Å². The number of nitrogens with one attached hydrogen (secondary N) is 1. The molecule has 0 spiro atoms.